The second-order valence-corrected chi connectivity index (χ2v) is 4.61. The Morgan fingerprint density at radius 1 is 1.61 bits per heavy atom. The molecule has 2 N–H and O–H groups in total. The molecule has 0 saturated carbocycles. The summed E-state index contributed by atoms with van der Waals surface area (Å²) in [7, 11) is 0. The number of hydrogen-bond donors (Lipinski definition) is 2. The number of aromatic nitrogens is 1. The molecule has 1 saturated heterocycles. The molecule has 6 heteroatoms. The molecule has 1 aliphatic rings. The third-order valence-corrected chi connectivity index (χ3v) is 3.24. The van der Waals surface area contributed by atoms with E-state index in [-0.39, 0.29) is 10.6 Å². The molecule has 0 amide bonds. The maximum Gasteiger partial charge on any atom is 0.314 e. The van der Waals surface area contributed by atoms with Crippen molar-refractivity contribution in [2.24, 2.45) is 0 Å². The molecule has 0 bridgehead atoms. The summed E-state index contributed by atoms with van der Waals surface area (Å²) in [5.74, 6) is 0.368. The monoisotopic (exact) mass is 250 g/mol. The zero-order chi connectivity index (χ0) is 13.0. The topological polar surface area (TPSA) is 80.1 Å². The molecule has 1 fully saturated rings. The van der Waals surface area contributed by atoms with E-state index < -0.39 is 0 Å². The van der Waals surface area contributed by atoms with Crippen molar-refractivity contribution in [2.45, 2.75) is 32.2 Å². The van der Waals surface area contributed by atoms with Gasteiger partial charge in [-0.2, -0.15) is 0 Å². The average Bonchev–Trinajstić information content (AvgIpc) is 2.37. The van der Waals surface area contributed by atoms with E-state index in [4.69, 9.17) is 0 Å². The number of nitrogens with zero attached hydrogens (tertiary/aromatic N) is 2. The summed E-state index contributed by atoms with van der Waals surface area (Å²) in [5.41, 5.74) is 0.711. The van der Waals surface area contributed by atoms with Crippen LogP contribution in [-0.2, 0) is 0 Å². The second kappa shape index (κ2) is 5.77. The Labute approximate surface area is 106 Å². The van der Waals surface area contributed by atoms with Crippen LogP contribution in [0.3, 0.4) is 0 Å². The predicted octanol–water partition coefficient (Wildman–Crippen LogP) is 1.85. The van der Waals surface area contributed by atoms with Crippen molar-refractivity contribution in [2.75, 3.05) is 18.4 Å². The van der Waals surface area contributed by atoms with Crippen LogP contribution < -0.4 is 10.6 Å². The summed E-state index contributed by atoms with van der Waals surface area (Å²) >= 11 is 0. The van der Waals surface area contributed by atoms with E-state index in [0.717, 1.165) is 13.0 Å². The SMILES string of the molecule is Cc1ccnc(NCC2CCCCN2)c1[N+](=O)[O-]. The largest absolute Gasteiger partial charge is 0.363 e. The smallest absolute Gasteiger partial charge is 0.314 e. The Morgan fingerprint density at radius 3 is 3.11 bits per heavy atom. The molecule has 1 aliphatic heterocycles. The first kappa shape index (κ1) is 12.8. The van der Waals surface area contributed by atoms with Crippen molar-refractivity contribution in [3.63, 3.8) is 0 Å². The molecule has 1 atom stereocenters. The zero-order valence-corrected chi connectivity index (χ0v) is 10.5. The van der Waals surface area contributed by atoms with Gasteiger partial charge in [-0.15, -0.1) is 0 Å². The zero-order valence-electron chi connectivity index (χ0n) is 10.5. The van der Waals surface area contributed by atoms with Crippen LogP contribution in [0.2, 0.25) is 0 Å². The van der Waals surface area contributed by atoms with Crippen molar-refractivity contribution >= 4 is 11.5 Å². The lowest BCUT2D eigenvalue weighted by Crippen LogP contribution is -2.39. The summed E-state index contributed by atoms with van der Waals surface area (Å²) in [6, 6.07) is 2.03. The highest BCUT2D eigenvalue weighted by atomic mass is 16.6. The summed E-state index contributed by atoms with van der Waals surface area (Å²) < 4.78 is 0. The number of rotatable bonds is 4. The number of pyridine rings is 1. The van der Waals surface area contributed by atoms with E-state index in [1.54, 1.807) is 19.2 Å². The minimum absolute atomic E-state index is 0.0771. The first-order chi connectivity index (χ1) is 8.68. The number of hydrogen-bond acceptors (Lipinski definition) is 5. The molecule has 0 radical (unpaired) electrons. The van der Waals surface area contributed by atoms with Gasteiger partial charge < -0.3 is 10.6 Å². The highest BCUT2D eigenvalue weighted by Gasteiger charge is 2.19. The van der Waals surface area contributed by atoms with Crippen molar-refractivity contribution in [3.8, 4) is 0 Å². The van der Waals surface area contributed by atoms with Gasteiger partial charge in [0.2, 0.25) is 5.82 Å². The molecule has 2 heterocycles. The van der Waals surface area contributed by atoms with Gasteiger partial charge in [0.1, 0.15) is 0 Å². The molecule has 1 aromatic heterocycles. The number of anilines is 1. The Bertz CT molecular complexity index is 430. The van der Waals surface area contributed by atoms with Crippen LogP contribution in [0.1, 0.15) is 24.8 Å². The van der Waals surface area contributed by atoms with Gasteiger partial charge in [0.25, 0.3) is 0 Å². The quantitative estimate of drug-likeness (QED) is 0.629. The average molecular weight is 250 g/mol. The lowest BCUT2D eigenvalue weighted by atomic mass is 10.1. The molecule has 0 aliphatic carbocycles. The molecule has 18 heavy (non-hydrogen) atoms. The van der Waals surface area contributed by atoms with Crippen molar-refractivity contribution in [3.05, 3.63) is 27.9 Å². The van der Waals surface area contributed by atoms with Crippen LogP contribution in [0.5, 0.6) is 0 Å². The maximum absolute atomic E-state index is 11.0. The van der Waals surface area contributed by atoms with Crippen molar-refractivity contribution < 1.29 is 4.92 Å². The van der Waals surface area contributed by atoms with Gasteiger partial charge in [-0.25, -0.2) is 4.98 Å². The van der Waals surface area contributed by atoms with Crippen molar-refractivity contribution in [1.29, 1.82) is 0 Å². The fourth-order valence-corrected chi connectivity index (χ4v) is 2.23. The van der Waals surface area contributed by atoms with E-state index in [2.05, 4.69) is 15.6 Å². The highest BCUT2D eigenvalue weighted by molar-refractivity contribution is 5.59. The van der Waals surface area contributed by atoms with Crippen LogP contribution in [0.4, 0.5) is 11.5 Å². The highest BCUT2D eigenvalue weighted by Crippen LogP contribution is 2.25. The van der Waals surface area contributed by atoms with Gasteiger partial charge >= 0.3 is 5.69 Å². The van der Waals surface area contributed by atoms with Gasteiger partial charge in [0, 0.05) is 24.3 Å². The molecule has 1 unspecified atom stereocenters. The second-order valence-electron chi connectivity index (χ2n) is 4.61. The van der Waals surface area contributed by atoms with Gasteiger partial charge in [-0.05, 0) is 32.4 Å². The van der Waals surface area contributed by atoms with E-state index >= 15 is 0 Å². The third-order valence-electron chi connectivity index (χ3n) is 3.24. The van der Waals surface area contributed by atoms with Gasteiger partial charge in [-0.3, -0.25) is 10.1 Å². The standard InChI is InChI=1S/C12H18N4O2/c1-9-5-7-14-12(11(9)16(17)18)15-8-10-4-2-3-6-13-10/h5,7,10,13H,2-4,6,8H2,1H3,(H,14,15). The minimum atomic E-state index is -0.376. The van der Waals surface area contributed by atoms with Gasteiger partial charge in [-0.1, -0.05) is 6.42 Å². The molecule has 6 nitrogen and oxygen atoms in total. The molecular formula is C12H18N4O2. The normalized spacial score (nSPS) is 19.5. The minimum Gasteiger partial charge on any atom is -0.363 e. The Balaban J connectivity index is 2.04. The Kier molecular flexibility index (Phi) is 4.09. The third kappa shape index (κ3) is 2.95. The van der Waals surface area contributed by atoms with Crippen LogP contribution in [-0.4, -0.2) is 29.0 Å². The van der Waals surface area contributed by atoms with E-state index in [1.807, 2.05) is 0 Å². The fraction of sp³-hybridized carbons (Fsp3) is 0.583. The fourth-order valence-electron chi connectivity index (χ4n) is 2.23. The first-order valence-corrected chi connectivity index (χ1v) is 6.25. The number of nitrogens with one attached hydrogen (secondary N) is 2. The number of aryl methyl sites for hydroxylation is 1. The summed E-state index contributed by atoms with van der Waals surface area (Å²) in [4.78, 5) is 14.7. The summed E-state index contributed by atoms with van der Waals surface area (Å²) in [5, 5.41) is 17.5. The van der Waals surface area contributed by atoms with E-state index in [1.165, 1.54) is 12.8 Å². The summed E-state index contributed by atoms with van der Waals surface area (Å²) in [6.07, 6.45) is 5.12. The Hall–Kier alpha value is -1.69. The molecule has 0 aromatic carbocycles. The van der Waals surface area contributed by atoms with Gasteiger partial charge in [0.05, 0.1) is 4.92 Å². The van der Waals surface area contributed by atoms with Gasteiger partial charge in [0.15, 0.2) is 0 Å². The van der Waals surface area contributed by atoms with Crippen LogP contribution in [0.15, 0.2) is 12.3 Å². The Morgan fingerprint density at radius 2 is 2.44 bits per heavy atom. The predicted molar refractivity (Wildman–Crippen MR) is 69.8 cm³/mol. The molecule has 2 rings (SSSR count). The van der Waals surface area contributed by atoms with E-state index in [0.29, 0.717) is 24.0 Å². The number of piperidine rings is 1. The lowest BCUT2D eigenvalue weighted by molar-refractivity contribution is -0.384. The molecular weight excluding hydrogens is 232 g/mol. The first-order valence-electron chi connectivity index (χ1n) is 6.25. The van der Waals surface area contributed by atoms with Crippen LogP contribution in [0.25, 0.3) is 0 Å². The number of nitro groups is 1. The summed E-state index contributed by atoms with van der Waals surface area (Å²) in [6.45, 7) is 3.43. The van der Waals surface area contributed by atoms with Crippen LogP contribution >= 0.6 is 0 Å². The van der Waals surface area contributed by atoms with Crippen LogP contribution in [0, 0.1) is 17.0 Å². The molecule has 1 aromatic rings. The molecule has 0 spiro atoms. The lowest BCUT2D eigenvalue weighted by Gasteiger charge is -2.23. The molecule has 98 valence electrons. The van der Waals surface area contributed by atoms with Crippen molar-refractivity contribution in [1.82, 2.24) is 10.3 Å². The maximum atomic E-state index is 11.0. The van der Waals surface area contributed by atoms with E-state index in [9.17, 15) is 10.1 Å².